The molecule has 0 N–H and O–H groups in total. The van der Waals surface area contributed by atoms with Crippen LogP contribution in [0.4, 0.5) is 0 Å². The Balaban J connectivity index is 1.90. The van der Waals surface area contributed by atoms with E-state index in [0.717, 1.165) is 22.8 Å². The maximum atomic E-state index is 6.08. The zero-order valence-electron chi connectivity index (χ0n) is 11.9. The fourth-order valence-electron chi connectivity index (χ4n) is 2.67. The third-order valence-corrected chi connectivity index (χ3v) is 3.86. The van der Waals surface area contributed by atoms with Crippen LogP contribution >= 0.6 is 0 Å². The molecule has 0 saturated carbocycles. The van der Waals surface area contributed by atoms with Gasteiger partial charge in [-0.05, 0) is 35.9 Å². The van der Waals surface area contributed by atoms with Crippen LogP contribution in [0, 0.1) is 0 Å². The van der Waals surface area contributed by atoms with Crippen molar-refractivity contribution >= 4 is 0 Å². The smallest absolute Gasteiger partial charge is 0.130 e. The van der Waals surface area contributed by atoms with Gasteiger partial charge in [0.05, 0.1) is 14.2 Å². The summed E-state index contributed by atoms with van der Waals surface area (Å²) in [6, 6.07) is 14.0. The van der Waals surface area contributed by atoms with E-state index < -0.39 is 0 Å². The highest BCUT2D eigenvalue weighted by atomic mass is 16.5. The van der Waals surface area contributed by atoms with Gasteiger partial charge in [-0.2, -0.15) is 0 Å². The Morgan fingerprint density at radius 3 is 2.20 bits per heavy atom. The Morgan fingerprint density at radius 1 is 0.900 bits per heavy atom. The average molecular weight is 270 g/mol. The van der Waals surface area contributed by atoms with Crippen LogP contribution in [0.1, 0.15) is 30.1 Å². The Morgan fingerprint density at radius 2 is 1.55 bits per heavy atom. The van der Waals surface area contributed by atoms with Gasteiger partial charge in [-0.15, -0.1) is 0 Å². The molecule has 0 fully saturated rings. The summed E-state index contributed by atoms with van der Waals surface area (Å²) >= 11 is 0. The molecule has 0 amide bonds. The van der Waals surface area contributed by atoms with E-state index in [4.69, 9.17) is 14.2 Å². The molecule has 0 bridgehead atoms. The number of fused-ring (bicyclic) bond motifs is 1. The predicted octanol–water partition coefficient (Wildman–Crippen LogP) is 3.94. The molecule has 2 atom stereocenters. The molecule has 0 aromatic heterocycles. The van der Waals surface area contributed by atoms with Crippen LogP contribution < -0.4 is 14.2 Å². The van der Waals surface area contributed by atoms with Crippen molar-refractivity contribution < 1.29 is 14.2 Å². The second-order valence-corrected chi connectivity index (χ2v) is 5.00. The van der Waals surface area contributed by atoms with E-state index in [1.165, 1.54) is 5.56 Å². The van der Waals surface area contributed by atoms with Crippen molar-refractivity contribution in [3.63, 3.8) is 0 Å². The maximum Gasteiger partial charge on any atom is 0.130 e. The van der Waals surface area contributed by atoms with Crippen molar-refractivity contribution in [1.82, 2.24) is 0 Å². The number of benzene rings is 2. The minimum Gasteiger partial charge on any atom is -0.497 e. The summed E-state index contributed by atoms with van der Waals surface area (Å²) < 4.78 is 16.6. The fourth-order valence-corrected chi connectivity index (χ4v) is 2.67. The molecular weight excluding hydrogens is 252 g/mol. The Labute approximate surface area is 119 Å². The van der Waals surface area contributed by atoms with Crippen LogP contribution in [-0.2, 0) is 0 Å². The molecule has 104 valence electrons. The SMILES string of the molecule is COc1ccc([C@@H]2Oc3ccc(OC)cc3C2C)cc1. The normalized spacial score (nSPS) is 20.1. The van der Waals surface area contributed by atoms with E-state index in [1.807, 2.05) is 24.3 Å². The summed E-state index contributed by atoms with van der Waals surface area (Å²) in [4.78, 5) is 0. The summed E-state index contributed by atoms with van der Waals surface area (Å²) in [7, 11) is 3.36. The molecule has 1 aliphatic rings. The third-order valence-electron chi connectivity index (χ3n) is 3.86. The van der Waals surface area contributed by atoms with Crippen molar-refractivity contribution in [1.29, 1.82) is 0 Å². The van der Waals surface area contributed by atoms with E-state index >= 15 is 0 Å². The van der Waals surface area contributed by atoms with E-state index in [2.05, 4.69) is 25.1 Å². The summed E-state index contributed by atoms with van der Waals surface area (Å²) in [5, 5.41) is 0. The second-order valence-electron chi connectivity index (χ2n) is 5.00. The summed E-state index contributed by atoms with van der Waals surface area (Å²) in [6.45, 7) is 2.18. The van der Waals surface area contributed by atoms with E-state index in [0.29, 0.717) is 5.92 Å². The standard InChI is InChI=1S/C17H18O3/c1-11-15-10-14(19-3)8-9-16(15)20-17(11)12-4-6-13(18-2)7-5-12/h4-11,17H,1-3H3/t11?,17-/m1/s1. The zero-order chi connectivity index (χ0) is 14.1. The van der Waals surface area contributed by atoms with Gasteiger partial charge >= 0.3 is 0 Å². The average Bonchev–Trinajstić information content (AvgIpc) is 2.84. The first-order chi connectivity index (χ1) is 9.72. The number of rotatable bonds is 3. The van der Waals surface area contributed by atoms with Crippen molar-refractivity contribution in [3.8, 4) is 17.2 Å². The second kappa shape index (κ2) is 5.08. The molecule has 1 heterocycles. The molecule has 3 nitrogen and oxygen atoms in total. The lowest BCUT2D eigenvalue weighted by Gasteiger charge is -2.16. The van der Waals surface area contributed by atoms with Gasteiger partial charge in [-0.3, -0.25) is 0 Å². The third kappa shape index (κ3) is 2.09. The Kier molecular flexibility index (Phi) is 3.26. The number of hydrogen-bond acceptors (Lipinski definition) is 3. The summed E-state index contributed by atoms with van der Waals surface area (Å²) in [6.07, 6.45) is 0.0445. The van der Waals surface area contributed by atoms with Gasteiger partial charge in [0.25, 0.3) is 0 Å². The predicted molar refractivity (Wildman–Crippen MR) is 77.8 cm³/mol. The maximum absolute atomic E-state index is 6.08. The van der Waals surface area contributed by atoms with Crippen molar-refractivity contribution in [3.05, 3.63) is 53.6 Å². The van der Waals surface area contributed by atoms with Gasteiger partial charge < -0.3 is 14.2 Å². The molecule has 2 aromatic carbocycles. The van der Waals surface area contributed by atoms with Gasteiger partial charge in [-0.25, -0.2) is 0 Å². The van der Waals surface area contributed by atoms with Gasteiger partial charge in [0.1, 0.15) is 23.4 Å². The molecular formula is C17H18O3. The first-order valence-corrected chi connectivity index (χ1v) is 6.71. The first-order valence-electron chi connectivity index (χ1n) is 6.71. The van der Waals surface area contributed by atoms with Gasteiger partial charge in [0.2, 0.25) is 0 Å². The Bertz CT molecular complexity index is 604. The van der Waals surface area contributed by atoms with Crippen molar-refractivity contribution in [2.45, 2.75) is 18.9 Å². The minimum atomic E-state index is 0.0445. The quantitative estimate of drug-likeness (QED) is 0.845. The van der Waals surface area contributed by atoms with Crippen LogP contribution in [0.15, 0.2) is 42.5 Å². The molecule has 3 rings (SSSR count). The summed E-state index contributed by atoms with van der Waals surface area (Å²) in [5.74, 6) is 2.97. The topological polar surface area (TPSA) is 27.7 Å². The highest BCUT2D eigenvalue weighted by Gasteiger charge is 2.32. The van der Waals surface area contributed by atoms with Crippen molar-refractivity contribution in [2.75, 3.05) is 14.2 Å². The molecule has 1 unspecified atom stereocenters. The largest absolute Gasteiger partial charge is 0.497 e. The molecule has 0 radical (unpaired) electrons. The van der Waals surface area contributed by atoms with Crippen LogP contribution in [0.25, 0.3) is 0 Å². The molecule has 0 spiro atoms. The number of hydrogen-bond donors (Lipinski definition) is 0. The van der Waals surface area contributed by atoms with Crippen LogP contribution in [0.2, 0.25) is 0 Å². The van der Waals surface area contributed by atoms with Crippen LogP contribution in [0.3, 0.4) is 0 Å². The molecule has 2 aromatic rings. The number of methoxy groups -OCH3 is 2. The van der Waals surface area contributed by atoms with E-state index in [-0.39, 0.29) is 6.10 Å². The van der Waals surface area contributed by atoms with E-state index in [1.54, 1.807) is 14.2 Å². The van der Waals surface area contributed by atoms with E-state index in [9.17, 15) is 0 Å². The van der Waals surface area contributed by atoms with Crippen LogP contribution in [-0.4, -0.2) is 14.2 Å². The Hall–Kier alpha value is -2.16. The first kappa shape index (κ1) is 12.9. The number of ether oxygens (including phenoxy) is 3. The molecule has 20 heavy (non-hydrogen) atoms. The highest BCUT2D eigenvalue weighted by Crippen LogP contribution is 2.46. The van der Waals surface area contributed by atoms with Gasteiger partial charge in [0.15, 0.2) is 0 Å². The fraction of sp³-hybridized carbons (Fsp3) is 0.294. The monoisotopic (exact) mass is 270 g/mol. The lowest BCUT2D eigenvalue weighted by molar-refractivity contribution is 0.216. The lowest BCUT2D eigenvalue weighted by atomic mass is 9.93. The minimum absolute atomic E-state index is 0.0445. The molecule has 3 heteroatoms. The highest BCUT2D eigenvalue weighted by molar-refractivity contribution is 5.47. The molecule has 0 aliphatic carbocycles. The zero-order valence-corrected chi connectivity index (χ0v) is 11.9. The van der Waals surface area contributed by atoms with Crippen molar-refractivity contribution in [2.24, 2.45) is 0 Å². The van der Waals surface area contributed by atoms with Gasteiger partial charge in [0, 0.05) is 11.5 Å². The lowest BCUT2D eigenvalue weighted by Crippen LogP contribution is -2.07. The van der Waals surface area contributed by atoms with Crippen LogP contribution in [0.5, 0.6) is 17.2 Å². The van der Waals surface area contributed by atoms with Gasteiger partial charge in [-0.1, -0.05) is 19.1 Å². The molecule has 0 saturated heterocycles. The summed E-state index contributed by atoms with van der Waals surface area (Å²) in [5.41, 5.74) is 2.36. The molecule has 1 aliphatic heterocycles.